The molecule has 1 N–H and O–H groups in total. The molecule has 0 radical (unpaired) electrons. The minimum absolute atomic E-state index is 0.744. The standard InChI is InChI=1S/C18H10ClNO/c19-10-5-8-15-14(9-10)12-6-7-13-11-3-1-2-4-16(11)21-18(13)17(12)20-15/h1-9,20H. The number of rotatable bonds is 0. The van der Waals surface area contributed by atoms with Crippen molar-refractivity contribution in [2.75, 3.05) is 0 Å². The SMILES string of the molecule is Clc1ccc2[nH]c3c(ccc4c5ccccc5oc43)c2c1. The highest BCUT2D eigenvalue weighted by Crippen LogP contribution is 2.36. The van der Waals surface area contributed by atoms with Crippen molar-refractivity contribution >= 4 is 55.3 Å². The number of hydrogen-bond donors (Lipinski definition) is 1. The third-order valence-corrected chi connectivity index (χ3v) is 4.31. The van der Waals surface area contributed by atoms with E-state index in [1.165, 1.54) is 0 Å². The van der Waals surface area contributed by atoms with Crippen LogP contribution in [-0.2, 0) is 0 Å². The predicted molar refractivity (Wildman–Crippen MR) is 88.1 cm³/mol. The van der Waals surface area contributed by atoms with Crippen molar-refractivity contribution in [1.29, 1.82) is 0 Å². The van der Waals surface area contributed by atoms with Crippen molar-refractivity contribution in [2.45, 2.75) is 0 Å². The fraction of sp³-hybridized carbons (Fsp3) is 0. The summed E-state index contributed by atoms with van der Waals surface area (Å²) in [5.41, 5.74) is 3.92. The van der Waals surface area contributed by atoms with Crippen LogP contribution in [0.1, 0.15) is 0 Å². The molecule has 0 fully saturated rings. The lowest BCUT2D eigenvalue weighted by Gasteiger charge is -1.93. The Bertz CT molecular complexity index is 1150. The van der Waals surface area contributed by atoms with E-state index in [1.54, 1.807) is 0 Å². The van der Waals surface area contributed by atoms with E-state index in [0.717, 1.165) is 48.8 Å². The number of fused-ring (bicyclic) bond motifs is 7. The van der Waals surface area contributed by atoms with Gasteiger partial charge in [0.05, 0.1) is 5.52 Å². The van der Waals surface area contributed by atoms with Crippen LogP contribution in [0, 0.1) is 0 Å². The number of halogens is 1. The van der Waals surface area contributed by atoms with Crippen LogP contribution in [0.4, 0.5) is 0 Å². The number of aromatic amines is 1. The fourth-order valence-electron chi connectivity index (χ4n) is 3.12. The van der Waals surface area contributed by atoms with Crippen molar-refractivity contribution in [2.24, 2.45) is 0 Å². The first-order chi connectivity index (χ1) is 10.3. The largest absolute Gasteiger partial charge is 0.454 e. The van der Waals surface area contributed by atoms with Crippen molar-refractivity contribution in [3.05, 3.63) is 59.6 Å². The molecule has 0 unspecified atom stereocenters. The second kappa shape index (κ2) is 3.80. The van der Waals surface area contributed by atoms with Gasteiger partial charge in [0.15, 0.2) is 5.58 Å². The lowest BCUT2D eigenvalue weighted by Crippen LogP contribution is -1.69. The molecule has 0 bridgehead atoms. The Labute approximate surface area is 124 Å². The van der Waals surface area contributed by atoms with E-state index in [9.17, 15) is 0 Å². The molecule has 0 aliphatic rings. The highest BCUT2D eigenvalue weighted by molar-refractivity contribution is 6.32. The minimum Gasteiger partial charge on any atom is -0.454 e. The van der Waals surface area contributed by atoms with Gasteiger partial charge in [-0.1, -0.05) is 35.9 Å². The van der Waals surface area contributed by atoms with Gasteiger partial charge in [-0.15, -0.1) is 0 Å². The Morgan fingerprint density at radius 1 is 0.810 bits per heavy atom. The molecule has 5 aromatic rings. The lowest BCUT2D eigenvalue weighted by atomic mass is 10.1. The Balaban J connectivity index is 2.06. The molecule has 0 saturated carbocycles. The van der Waals surface area contributed by atoms with Crippen molar-refractivity contribution in [1.82, 2.24) is 4.98 Å². The Morgan fingerprint density at radius 2 is 1.67 bits per heavy atom. The van der Waals surface area contributed by atoms with Crippen molar-refractivity contribution in [3.8, 4) is 0 Å². The summed E-state index contributed by atoms with van der Waals surface area (Å²) in [5, 5.41) is 5.29. The van der Waals surface area contributed by atoms with Gasteiger partial charge in [0.2, 0.25) is 0 Å². The van der Waals surface area contributed by atoms with E-state index >= 15 is 0 Å². The second-order valence-corrected chi connectivity index (χ2v) is 5.71. The molecule has 5 rings (SSSR count). The summed E-state index contributed by atoms with van der Waals surface area (Å²) < 4.78 is 6.06. The van der Waals surface area contributed by atoms with E-state index in [0.29, 0.717) is 0 Å². The molecule has 21 heavy (non-hydrogen) atoms. The molecule has 100 valence electrons. The maximum absolute atomic E-state index is 6.12. The number of aromatic nitrogens is 1. The summed E-state index contributed by atoms with van der Waals surface area (Å²) in [6.07, 6.45) is 0. The molecule has 3 heteroatoms. The van der Waals surface area contributed by atoms with Gasteiger partial charge in [0.25, 0.3) is 0 Å². The summed E-state index contributed by atoms with van der Waals surface area (Å²) >= 11 is 6.12. The molecule has 0 spiro atoms. The van der Waals surface area contributed by atoms with E-state index < -0.39 is 0 Å². The molecule has 0 aliphatic carbocycles. The first-order valence-electron chi connectivity index (χ1n) is 6.82. The molecule has 2 nitrogen and oxygen atoms in total. The van der Waals surface area contributed by atoms with Crippen LogP contribution in [-0.4, -0.2) is 4.98 Å². The quantitative estimate of drug-likeness (QED) is 0.379. The third-order valence-electron chi connectivity index (χ3n) is 4.08. The van der Waals surface area contributed by atoms with Crippen LogP contribution < -0.4 is 0 Å². The fourth-order valence-corrected chi connectivity index (χ4v) is 3.29. The number of para-hydroxylation sites is 1. The summed E-state index contributed by atoms with van der Waals surface area (Å²) in [7, 11) is 0. The van der Waals surface area contributed by atoms with Crippen LogP contribution in [0.15, 0.2) is 59.0 Å². The van der Waals surface area contributed by atoms with Gasteiger partial charge in [-0.05, 0) is 30.3 Å². The molecule has 2 aromatic heterocycles. The highest BCUT2D eigenvalue weighted by atomic mass is 35.5. The van der Waals surface area contributed by atoms with Crippen LogP contribution >= 0.6 is 11.6 Å². The number of H-pyrrole nitrogens is 1. The summed E-state index contributed by atoms with van der Waals surface area (Å²) in [5.74, 6) is 0. The number of furan rings is 1. The molecule has 0 aliphatic heterocycles. The number of nitrogens with one attached hydrogen (secondary N) is 1. The normalized spacial score (nSPS) is 12.0. The van der Waals surface area contributed by atoms with E-state index in [2.05, 4.69) is 23.2 Å². The van der Waals surface area contributed by atoms with E-state index in [1.807, 2.05) is 36.4 Å². The topological polar surface area (TPSA) is 28.9 Å². The average molecular weight is 292 g/mol. The average Bonchev–Trinajstić information content (AvgIpc) is 3.05. The summed E-state index contributed by atoms with van der Waals surface area (Å²) in [6, 6.07) is 18.3. The van der Waals surface area contributed by atoms with E-state index in [-0.39, 0.29) is 0 Å². The van der Waals surface area contributed by atoms with Gasteiger partial charge < -0.3 is 9.40 Å². The Hall–Kier alpha value is -2.45. The molecular formula is C18H10ClNO. The molecule has 0 atom stereocenters. The van der Waals surface area contributed by atoms with Crippen LogP contribution in [0.25, 0.3) is 43.7 Å². The highest BCUT2D eigenvalue weighted by Gasteiger charge is 2.13. The number of benzene rings is 3. The lowest BCUT2D eigenvalue weighted by molar-refractivity contribution is 0.672. The zero-order valence-electron chi connectivity index (χ0n) is 11.0. The Kier molecular flexibility index (Phi) is 2.04. The molecule has 3 aromatic carbocycles. The second-order valence-electron chi connectivity index (χ2n) is 5.28. The van der Waals surface area contributed by atoms with E-state index in [4.69, 9.17) is 16.0 Å². The van der Waals surface area contributed by atoms with Gasteiger partial charge in [0, 0.05) is 32.1 Å². The van der Waals surface area contributed by atoms with Crippen LogP contribution in [0.2, 0.25) is 5.02 Å². The molecule has 2 heterocycles. The van der Waals surface area contributed by atoms with Gasteiger partial charge in [0.1, 0.15) is 5.58 Å². The van der Waals surface area contributed by atoms with Gasteiger partial charge in [-0.3, -0.25) is 0 Å². The van der Waals surface area contributed by atoms with Crippen LogP contribution in [0.3, 0.4) is 0 Å². The number of hydrogen-bond acceptors (Lipinski definition) is 1. The monoisotopic (exact) mass is 291 g/mol. The zero-order chi connectivity index (χ0) is 14.0. The maximum atomic E-state index is 6.12. The van der Waals surface area contributed by atoms with Crippen LogP contribution in [0.5, 0.6) is 0 Å². The van der Waals surface area contributed by atoms with Crippen molar-refractivity contribution in [3.63, 3.8) is 0 Å². The summed E-state index contributed by atoms with van der Waals surface area (Å²) in [4.78, 5) is 3.46. The predicted octanol–water partition coefficient (Wildman–Crippen LogP) is 5.87. The Morgan fingerprint density at radius 3 is 2.62 bits per heavy atom. The smallest absolute Gasteiger partial charge is 0.159 e. The van der Waals surface area contributed by atoms with Gasteiger partial charge >= 0.3 is 0 Å². The first kappa shape index (κ1) is 11.2. The first-order valence-corrected chi connectivity index (χ1v) is 7.20. The molecular weight excluding hydrogens is 282 g/mol. The third kappa shape index (κ3) is 1.43. The minimum atomic E-state index is 0.744. The maximum Gasteiger partial charge on any atom is 0.159 e. The van der Waals surface area contributed by atoms with Gasteiger partial charge in [-0.25, -0.2) is 0 Å². The van der Waals surface area contributed by atoms with Gasteiger partial charge in [-0.2, -0.15) is 0 Å². The zero-order valence-corrected chi connectivity index (χ0v) is 11.7. The molecule has 0 saturated heterocycles. The van der Waals surface area contributed by atoms with Crippen molar-refractivity contribution < 1.29 is 4.42 Å². The summed E-state index contributed by atoms with van der Waals surface area (Å²) in [6.45, 7) is 0. The molecule has 0 amide bonds.